The number of halogens is 1. The quantitative estimate of drug-likeness (QED) is 0.696. The van der Waals surface area contributed by atoms with Crippen molar-refractivity contribution in [2.24, 2.45) is 0 Å². The van der Waals surface area contributed by atoms with Crippen LogP contribution in [-0.4, -0.2) is 34.0 Å². The van der Waals surface area contributed by atoms with Crippen molar-refractivity contribution in [2.75, 3.05) is 19.7 Å². The van der Waals surface area contributed by atoms with E-state index in [0.717, 1.165) is 0 Å². The lowest BCUT2D eigenvalue weighted by molar-refractivity contribution is -0.123. The maximum atomic E-state index is 12.0. The number of amides is 1. The molecule has 2 aromatic rings. The molecule has 0 aliphatic carbocycles. The third kappa shape index (κ3) is 5.52. The molecule has 2 N–H and O–H groups in total. The predicted molar refractivity (Wildman–Crippen MR) is 91.6 cm³/mol. The van der Waals surface area contributed by atoms with Gasteiger partial charge in [0.15, 0.2) is 6.61 Å². The van der Waals surface area contributed by atoms with Crippen LogP contribution in [0.25, 0.3) is 0 Å². The third-order valence-electron chi connectivity index (χ3n) is 2.99. The zero-order valence-corrected chi connectivity index (χ0v) is 14.3. The highest BCUT2D eigenvalue weighted by molar-refractivity contribution is 7.89. The minimum Gasteiger partial charge on any atom is -0.482 e. The number of benzene rings is 2. The number of sulfonamides is 1. The van der Waals surface area contributed by atoms with E-state index in [9.17, 15) is 13.2 Å². The number of nitrogens with one attached hydrogen (secondary N) is 2. The number of hydrogen-bond acceptors (Lipinski definition) is 4. The molecule has 24 heavy (non-hydrogen) atoms. The Morgan fingerprint density at radius 1 is 1.00 bits per heavy atom. The summed E-state index contributed by atoms with van der Waals surface area (Å²) in [5.41, 5.74) is 0. The summed E-state index contributed by atoms with van der Waals surface area (Å²) < 4.78 is 31.6. The van der Waals surface area contributed by atoms with Crippen LogP contribution in [0.1, 0.15) is 0 Å². The van der Waals surface area contributed by atoms with Crippen LogP contribution in [0.2, 0.25) is 5.02 Å². The summed E-state index contributed by atoms with van der Waals surface area (Å²) in [4.78, 5) is 11.8. The Balaban J connectivity index is 1.71. The minimum absolute atomic E-state index is 0.0784. The molecule has 0 spiro atoms. The summed E-state index contributed by atoms with van der Waals surface area (Å²) in [6.45, 7) is 0.0288. The molecule has 0 radical (unpaired) electrons. The van der Waals surface area contributed by atoms with Crippen LogP contribution in [-0.2, 0) is 14.8 Å². The zero-order valence-electron chi connectivity index (χ0n) is 12.7. The lowest BCUT2D eigenvalue weighted by Crippen LogP contribution is -2.36. The van der Waals surface area contributed by atoms with Gasteiger partial charge in [0, 0.05) is 13.1 Å². The highest BCUT2D eigenvalue weighted by Crippen LogP contribution is 2.22. The lowest BCUT2D eigenvalue weighted by Gasteiger charge is -2.09. The normalized spacial score (nSPS) is 11.0. The van der Waals surface area contributed by atoms with Crippen molar-refractivity contribution in [2.45, 2.75) is 4.90 Å². The molecule has 8 heteroatoms. The van der Waals surface area contributed by atoms with E-state index >= 15 is 0 Å². The first-order valence-corrected chi connectivity index (χ1v) is 9.04. The Labute approximate surface area is 145 Å². The number of hydrogen-bond donors (Lipinski definition) is 2. The molecule has 0 atom stereocenters. The van der Waals surface area contributed by atoms with Crippen LogP contribution in [0, 0.1) is 0 Å². The molecule has 128 valence electrons. The van der Waals surface area contributed by atoms with Gasteiger partial charge in [-0.15, -0.1) is 0 Å². The second-order valence-electron chi connectivity index (χ2n) is 4.78. The average Bonchev–Trinajstić information content (AvgIpc) is 2.59. The number of ether oxygens (including phenoxy) is 1. The van der Waals surface area contributed by atoms with E-state index in [0.29, 0.717) is 10.8 Å². The Hall–Kier alpha value is -2.09. The Kier molecular flexibility index (Phi) is 6.60. The largest absolute Gasteiger partial charge is 0.482 e. The second kappa shape index (κ2) is 8.68. The van der Waals surface area contributed by atoms with E-state index in [4.69, 9.17) is 16.3 Å². The summed E-state index contributed by atoms with van der Waals surface area (Å²) >= 11 is 5.91. The van der Waals surface area contributed by atoms with E-state index in [1.807, 2.05) is 0 Å². The molecular formula is C16H17ClN2O4S. The Morgan fingerprint density at radius 2 is 1.67 bits per heavy atom. The summed E-state index contributed by atoms with van der Waals surface area (Å²) in [6.07, 6.45) is 0. The molecule has 0 bridgehead atoms. The number of carbonyl (C=O) groups is 1. The third-order valence-corrected chi connectivity index (χ3v) is 4.78. The fourth-order valence-electron chi connectivity index (χ4n) is 1.83. The van der Waals surface area contributed by atoms with Crippen LogP contribution in [0.5, 0.6) is 5.75 Å². The lowest BCUT2D eigenvalue weighted by atomic mass is 10.3. The van der Waals surface area contributed by atoms with Crippen LogP contribution in [0.3, 0.4) is 0 Å². The van der Waals surface area contributed by atoms with Crippen LogP contribution >= 0.6 is 11.6 Å². The number of rotatable bonds is 8. The van der Waals surface area contributed by atoms with Crippen molar-refractivity contribution in [3.8, 4) is 5.75 Å². The van der Waals surface area contributed by atoms with Crippen molar-refractivity contribution >= 4 is 27.5 Å². The first-order valence-electron chi connectivity index (χ1n) is 7.18. The van der Waals surface area contributed by atoms with Gasteiger partial charge in [-0.25, -0.2) is 13.1 Å². The fraction of sp³-hybridized carbons (Fsp3) is 0.188. The molecule has 0 saturated heterocycles. The highest BCUT2D eigenvalue weighted by Gasteiger charge is 2.12. The van der Waals surface area contributed by atoms with E-state index in [-0.39, 0.29) is 30.5 Å². The maximum absolute atomic E-state index is 12.0. The number of carbonyl (C=O) groups excluding carboxylic acids is 1. The van der Waals surface area contributed by atoms with E-state index in [2.05, 4.69) is 10.0 Å². The van der Waals surface area contributed by atoms with Crippen LogP contribution in [0.4, 0.5) is 0 Å². The molecule has 6 nitrogen and oxygen atoms in total. The van der Waals surface area contributed by atoms with Crippen LogP contribution < -0.4 is 14.8 Å². The number of para-hydroxylation sites is 1. The molecule has 2 rings (SSSR count). The summed E-state index contributed by atoms with van der Waals surface area (Å²) in [5.74, 6) is 0.0490. The van der Waals surface area contributed by atoms with Gasteiger partial charge in [0.2, 0.25) is 10.0 Å². The van der Waals surface area contributed by atoms with Crippen LogP contribution in [0.15, 0.2) is 59.5 Å². The summed E-state index contributed by atoms with van der Waals surface area (Å²) in [7, 11) is -3.57. The van der Waals surface area contributed by atoms with Crippen molar-refractivity contribution in [3.05, 3.63) is 59.6 Å². The first-order chi connectivity index (χ1) is 11.5. The molecular weight excluding hydrogens is 352 g/mol. The highest BCUT2D eigenvalue weighted by atomic mass is 35.5. The SMILES string of the molecule is O=C(COc1ccccc1Cl)NCCNS(=O)(=O)c1ccccc1. The van der Waals surface area contributed by atoms with E-state index in [1.165, 1.54) is 12.1 Å². The standard InChI is InChI=1S/C16H17ClN2O4S/c17-14-8-4-5-9-15(14)23-12-16(20)18-10-11-19-24(21,22)13-6-2-1-3-7-13/h1-9,19H,10-12H2,(H,18,20). The van der Waals surface area contributed by atoms with Gasteiger partial charge < -0.3 is 10.1 Å². The van der Waals surface area contributed by atoms with Gasteiger partial charge in [0.1, 0.15) is 5.75 Å². The smallest absolute Gasteiger partial charge is 0.257 e. The minimum atomic E-state index is -3.57. The molecule has 0 saturated carbocycles. The molecule has 0 aliphatic rings. The van der Waals surface area contributed by atoms with Gasteiger partial charge in [-0.05, 0) is 24.3 Å². The van der Waals surface area contributed by atoms with Gasteiger partial charge in [-0.2, -0.15) is 0 Å². The second-order valence-corrected chi connectivity index (χ2v) is 6.95. The molecule has 1 amide bonds. The van der Waals surface area contributed by atoms with Crippen molar-refractivity contribution in [3.63, 3.8) is 0 Å². The molecule has 2 aromatic carbocycles. The van der Waals surface area contributed by atoms with Gasteiger partial charge in [0.25, 0.3) is 5.91 Å². The first kappa shape index (κ1) is 18.3. The average molecular weight is 369 g/mol. The molecule has 0 fully saturated rings. The fourth-order valence-corrected chi connectivity index (χ4v) is 3.07. The maximum Gasteiger partial charge on any atom is 0.257 e. The monoisotopic (exact) mass is 368 g/mol. The van der Waals surface area contributed by atoms with Gasteiger partial charge in [-0.3, -0.25) is 4.79 Å². The van der Waals surface area contributed by atoms with Gasteiger partial charge in [-0.1, -0.05) is 41.9 Å². The zero-order chi connectivity index (χ0) is 17.4. The molecule has 0 aliphatic heterocycles. The van der Waals surface area contributed by atoms with E-state index < -0.39 is 10.0 Å². The van der Waals surface area contributed by atoms with E-state index in [1.54, 1.807) is 42.5 Å². The molecule has 0 heterocycles. The van der Waals surface area contributed by atoms with Gasteiger partial charge in [0.05, 0.1) is 9.92 Å². The predicted octanol–water partition coefficient (Wildman–Crippen LogP) is 1.81. The van der Waals surface area contributed by atoms with Gasteiger partial charge >= 0.3 is 0 Å². The Morgan fingerprint density at radius 3 is 2.38 bits per heavy atom. The van der Waals surface area contributed by atoms with Crippen molar-refractivity contribution in [1.29, 1.82) is 0 Å². The summed E-state index contributed by atoms with van der Waals surface area (Å²) in [5, 5.41) is 2.98. The summed E-state index contributed by atoms with van der Waals surface area (Å²) in [6, 6.07) is 14.8. The van der Waals surface area contributed by atoms with Crippen molar-refractivity contribution in [1.82, 2.24) is 10.0 Å². The molecule has 0 aromatic heterocycles. The van der Waals surface area contributed by atoms with Crippen molar-refractivity contribution < 1.29 is 17.9 Å². The molecule has 0 unspecified atom stereocenters. The topological polar surface area (TPSA) is 84.5 Å². The Bertz CT molecular complexity index is 782.